The van der Waals surface area contributed by atoms with Crippen LogP contribution in [0.3, 0.4) is 0 Å². The Morgan fingerprint density at radius 2 is 2.30 bits per heavy atom. The van der Waals surface area contributed by atoms with Crippen molar-refractivity contribution in [1.29, 1.82) is 0 Å². The van der Waals surface area contributed by atoms with E-state index in [1.165, 1.54) is 30.9 Å². The number of nitrogens with one attached hydrogen (secondary N) is 2. The van der Waals surface area contributed by atoms with Crippen molar-refractivity contribution in [2.24, 2.45) is 0 Å². The number of amides is 1. The van der Waals surface area contributed by atoms with E-state index < -0.39 is 10.0 Å². The number of rotatable bonds is 5. The van der Waals surface area contributed by atoms with Crippen molar-refractivity contribution in [3.63, 3.8) is 0 Å². The van der Waals surface area contributed by atoms with E-state index in [4.69, 9.17) is 4.74 Å². The second-order valence-corrected chi connectivity index (χ2v) is 6.84. The van der Waals surface area contributed by atoms with Crippen molar-refractivity contribution in [3.05, 3.63) is 30.9 Å². The van der Waals surface area contributed by atoms with Crippen LogP contribution in [0.15, 0.2) is 35.7 Å². The predicted octanol–water partition coefficient (Wildman–Crippen LogP) is 0.148. The van der Waals surface area contributed by atoms with Crippen LogP contribution in [0.4, 0.5) is 5.69 Å². The first-order valence-corrected chi connectivity index (χ1v) is 8.34. The first-order valence-electron chi connectivity index (χ1n) is 6.86. The van der Waals surface area contributed by atoms with Crippen LogP contribution in [0.1, 0.15) is 13.0 Å². The summed E-state index contributed by atoms with van der Waals surface area (Å²) in [5.74, 6) is 0.124. The number of hydrogen-bond donors (Lipinski definition) is 2. The molecule has 1 amide bonds. The molecule has 2 N–H and O–H groups in total. The number of fused-ring (bicyclic) bond motifs is 1. The van der Waals surface area contributed by atoms with Crippen LogP contribution in [0.5, 0.6) is 5.75 Å². The zero-order valence-corrected chi connectivity index (χ0v) is 13.1. The van der Waals surface area contributed by atoms with Gasteiger partial charge in [0.1, 0.15) is 18.4 Å². The largest absolute Gasteiger partial charge is 0.482 e. The first-order chi connectivity index (χ1) is 11.0. The van der Waals surface area contributed by atoms with Gasteiger partial charge in [0.2, 0.25) is 10.0 Å². The average molecular weight is 337 g/mol. The van der Waals surface area contributed by atoms with Gasteiger partial charge in [0, 0.05) is 6.54 Å². The molecule has 1 aliphatic heterocycles. The number of sulfonamides is 1. The smallest absolute Gasteiger partial charge is 0.262 e. The van der Waals surface area contributed by atoms with Gasteiger partial charge in [0.25, 0.3) is 5.91 Å². The minimum Gasteiger partial charge on any atom is -0.482 e. The lowest BCUT2D eigenvalue weighted by Crippen LogP contribution is -2.30. The molecule has 1 unspecified atom stereocenters. The number of anilines is 1. The maximum atomic E-state index is 12.4. The highest BCUT2D eigenvalue weighted by atomic mass is 32.2. The molecule has 3 rings (SSSR count). The SMILES string of the molecule is CC(CNS(=O)(=O)c1ccc2c(c1)NC(=O)CO2)n1cncn1. The molecule has 0 radical (unpaired) electrons. The molecule has 0 fully saturated rings. The Kier molecular flexibility index (Phi) is 4.01. The summed E-state index contributed by atoms with van der Waals surface area (Å²) in [4.78, 5) is 15.2. The molecule has 122 valence electrons. The topological polar surface area (TPSA) is 115 Å². The van der Waals surface area contributed by atoms with Gasteiger partial charge in [-0.3, -0.25) is 4.79 Å². The third-order valence-corrected chi connectivity index (χ3v) is 4.77. The van der Waals surface area contributed by atoms with Crippen LogP contribution in [0, 0.1) is 0 Å². The van der Waals surface area contributed by atoms with Crippen LogP contribution in [-0.2, 0) is 14.8 Å². The molecule has 1 aromatic heterocycles. The van der Waals surface area contributed by atoms with Gasteiger partial charge in [-0.25, -0.2) is 22.8 Å². The molecule has 0 aliphatic carbocycles. The highest BCUT2D eigenvalue weighted by Crippen LogP contribution is 2.29. The van der Waals surface area contributed by atoms with E-state index in [9.17, 15) is 13.2 Å². The zero-order valence-electron chi connectivity index (χ0n) is 12.3. The Hall–Kier alpha value is -2.46. The fourth-order valence-corrected chi connectivity index (χ4v) is 3.23. The monoisotopic (exact) mass is 337 g/mol. The Bertz CT molecular complexity index is 819. The number of carbonyl (C=O) groups is 1. The second-order valence-electron chi connectivity index (χ2n) is 5.07. The predicted molar refractivity (Wildman–Crippen MR) is 80.5 cm³/mol. The quantitative estimate of drug-likeness (QED) is 0.802. The van der Waals surface area contributed by atoms with Crippen LogP contribution in [0.25, 0.3) is 0 Å². The maximum absolute atomic E-state index is 12.4. The molecule has 0 saturated heterocycles. The number of hydrogen-bond acceptors (Lipinski definition) is 6. The summed E-state index contributed by atoms with van der Waals surface area (Å²) in [6.07, 6.45) is 2.90. The molecule has 10 heteroatoms. The van der Waals surface area contributed by atoms with Gasteiger partial charge in [0.05, 0.1) is 16.6 Å². The Labute approximate surface area is 132 Å². The van der Waals surface area contributed by atoms with E-state index in [-0.39, 0.29) is 30.0 Å². The normalized spacial score (nSPS) is 15.4. The van der Waals surface area contributed by atoms with Crippen LogP contribution < -0.4 is 14.8 Å². The number of nitrogens with zero attached hydrogens (tertiary/aromatic N) is 3. The van der Waals surface area contributed by atoms with E-state index in [1.54, 1.807) is 4.68 Å². The molecular weight excluding hydrogens is 322 g/mol. The fraction of sp³-hybridized carbons (Fsp3) is 0.308. The van der Waals surface area contributed by atoms with E-state index in [1.807, 2.05) is 6.92 Å². The number of carbonyl (C=O) groups excluding carboxylic acids is 1. The summed E-state index contributed by atoms with van der Waals surface area (Å²) in [6, 6.07) is 4.13. The molecule has 1 atom stereocenters. The summed E-state index contributed by atoms with van der Waals surface area (Å²) in [5.41, 5.74) is 0.341. The van der Waals surface area contributed by atoms with Gasteiger partial charge in [0.15, 0.2) is 6.61 Å². The molecule has 2 heterocycles. The number of benzene rings is 1. The van der Waals surface area contributed by atoms with Crippen LogP contribution >= 0.6 is 0 Å². The lowest BCUT2D eigenvalue weighted by atomic mass is 10.2. The molecule has 23 heavy (non-hydrogen) atoms. The Morgan fingerprint density at radius 1 is 1.48 bits per heavy atom. The van der Waals surface area contributed by atoms with Gasteiger partial charge in [-0.05, 0) is 25.1 Å². The summed E-state index contributed by atoms with van der Waals surface area (Å²) >= 11 is 0. The van der Waals surface area contributed by atoms with Crippen molar-refractivity contribution in [1.82, 2.24) is 19.5 Å². The molecule has 0 saturated carbocycles. The third kappa shape index (κ3) is 3.32. The van der Waals surface area contributed by atoms with E-state index in [0.29, 0.717) is 11.4 Å². The van der Waals surface area contributed by atoms with Gasteiger partial charge < -0.3 is 10.1 Å². The van der Waals surface area contributed by atoms with Crippen molar-refractivity contribution < 1.29 is 17.9 Å². The van der Waals surface area contributed by atoms with Crippen LogP contribution in [-0.4, -0.2) is 42.2 Å². The van der Waals surface area contributed by atoms with Gasteiger partial charge in [-0.1, -0.05) is 0 Å². The van der Waals surface area contributed by atoms with E-state index in [0.717, 1.165) is 0 Å². The van der Waals surface area contributed by atoms with Crippen molar-refractivity contribution in [2.45, 2.75) is 17.9 Å². The minimum absolute atomic E-state index is 0.0489. The van der Waals surface area contributed by atoms with Gasteiger partial charge in [-0.15, -0.1) is 0 Å². The average Bonchev–Trinajstić information content (AvgIpc) is 3.06. The second kappa shape index (κ2) is 5.97. The Balaban J connectivity index is 1.75. The van der Waals surface area contributed by atoms with E-state index in [2.05, 4.69) is 20.1 Å². The lowest BCUT2D eigenvalue weighted by Gasteiger charge is -2.19. The minimum atomic E-state index is -3.72. The zero-order chi connectivity index (χ0) is 16.4. The molecule has 0 bridgehead atoms. The number of ether oxygens (including phenoxy) is 1. The molecule has 9 nitrogen and oxygen atoms in total. The third-order valence-electron chi connectivity index (χ3n) is 3.35. The van der Waals surface area contributed by atoms with Gasteiger partial charge >= 0.3 is 0 Å². The van der Waals surface area contributed by atoms with Crippen molar-refractivity contribution in [2.75, 3.05) is 18.5 Å². The van der Waals surface area contributed by atoms with Crippen molar-refractivity contribution in [3.8, 4) is 5.75 Å². The molecule has 1 aliphatic rings. The summed E-state index contributed by atoms with van der Waals surface area (Å²) in [7, 11) is -3.72. The maximum Gasteiger partial charge on any atom is 0.262 e. The van der Waals surface area contributed by atoms with Crippen molar-refractivity contribution >= 4 is 21.6 Å². The first kappa shape index (κ1) is 15.4. The Morgan fingerprint density at radius 3 is 3.04 bits per heavy atom. The van der Waals surface area contributed by atoms with E-state index >= 15 is 0 Å². The highest BCUT2D eigenvalue weighted by Gasteiger charge is 2.21. The summed E-state index contributed by atoms with van der Waals surface area (Å²) in [6.45, 7) is 1.90. The molecular formula is C13H15N5O4S. The molecule has 2 aromatic rings. The standard InChI is InChI=1S/C13H15N5O4S/c1-9(18-8-14-7-15-18)5-16-23(20,21)10-2-3-12-11(4-10)17-13(19)6-22-12/h2-4,7-9,16H,5-6H2,1H3,(H,17,19). The molecule has 0 spiro atoms. The summed E-state index contributed by atoms with van der Waals surface area (Å²) < 4.78 is 34.0. The lowest BCUT2D eigenvalue weighted by molar-refractivity contribution is -0.118. The number of aromatic nitrogens is 3. The molecule has 1 aromatic carbocycles. The fourth-order valence-electron chi connectivity index (χ4n) is 2.08. The van der Waals surface area contributed by atoms with Gasteiger partial charge in [-0.2, -0.15) is 5.10 Å². The summed E-state index contributed by atoms with van der Waals surface area (Å²) in [5, 5.41) is 6.54. The highest BCUT2D eigenvalue weighted by molar-refractivity contribution is 7.89. The van der Waals surface area contributed by atoms with Crippen LogP contribution in [0.2, 0.25) is 0 Å².